The molecular formula is C14H24N2O. The van der Waals surface area contributed by atoms with Crippen LogP contribution in [0.1, 0.15) is 32.4 Å². The molecule has 0 spiro atoms. The van der Waals surface area contributed by atoms with E-state index in [1.807, 2.05) is 40.1 Å². The lowest BCUT2D eigenvalue weighted by atomic mass is 9.99. The van der Waals surface area contributed by atoms with Crippen LogP contribution in [-0.4, -0.2) is 31.3 Å². The molecule has 0 saturated heterocycles. The van der Waals surface area contributed by atoms with Gasteiger partial charge in [0.05, 0.1) is 12.1 Å². The minimum Gasteiger partial charge on any atom is -0.394 e. The van der Waals surface area contributed by atoms with E-state index < -0.39 is 0 Å². The molecule has 2 N–H and O–H groups in total. The fourth-order valence-electron chi connectivity index (χ4n) is 1.75. The van der Waals surface area contributed by atoms with E-state index in [0.29, 0.717) is 6.04 Å². The number of likely N-dealkylation sites (N-methyl/N-ethyl adjacent to an activating group) is 1. The third kappa shape index (κ3) is 2.99. The Hall–Kier alpha value is -1.06. The van der Waals surface area contributed by atoms with E-state index in [2.05, 4.69) is 29.3 Å². The zero-order chi connectivity index (χ0) is 13.1. The van der Waals surface area contributed by atoms with E-state index in [1.165, 1.54) is 5.56 Å². The van der Waals surface area contributed by atoms with Crippen LogP contribution in [-0.2, 0) is 0 Å². The van der Waals surface area contributed by atoms with Gasteiger partial charge >= 0.3 is 0 Å². The lowest BCUT2D eigenvalue weighted by Crippen LogP contribution is -2.45. The van der Waals surface area contributed by atoms with E-state index in [9.17, 15) is 5.11 Å². The Bertz CT molecular complexity index is 363. The fraction of sp³-hybridized carbons (Fsp3) is 0.571. The summed E-state index contributed by atoms with van der Waals surface area (Å²) in [6.45, 7) is 6.34. The van der Waals surface area contributed by atoms with E-state index in [-0.39, 0.29) is 12.1 Å². The highest BCUT2D eigenvalue weighted by atomic mass is 16.3. The molecule has 0 aliphatic heterocycles. The van der Waals surface area contributed by atoms with Gasteiger partial charge in [0.2, 0.25) is 0 Å². The van der Waals surface area contributed by atoms with Crippen LogP contribution < -0.4 is 10.2 Å². The molecule has 1 unspecified atom stereocenters. The predicted molar refractivity (Wildman–Crippen MR) is 73.5 cm³/mol. The summed E-state index contributed by atoms with van der Waals surface area (Å²) in [5.74, 6) is 0. The quantitative estimate of drug-likeness (QED) is 0.822. The van der Waals surface area contributed by atoms with Crippen molar-refractivity contribution in [1.82, 2.24) is 5.32 Å². The summed E-state index contributed by atoms with van der Waals surface area (Å²) in [5, 5.41) is 12.7. The van der Waals surface area contributed by atoms with E-state index in [4.69, 9.17) is 0 Å². The minimum atomic E-state index is -0.260. The second-order valence-corrected chi connectivity index (χ2v) is 5.10. The molecular weight excluding hydrogens is 212 g/mol. The number of hydrogen-bond donors (Lipinski definition) is 2. The van der Waals surface area contributed by atoms with Crippen molar-refractivity contribution in [3.8, 4) is 0 Å². The molecule has 1 rings (SSSR count). The van der Waals surface area contributed by atoms with Gasteiger partial charge < -0.3 is 15.3 Å². The van der Waals surface area contributed by atoms with Gasteiger partial charge in [0.1, 0.15) is 0 Å². The molecule has 96 valence electrons. The van der Waals surface area contributed by atoms with Crippen molar-refractivity contribution >= 4 is 5.69 Å². The van der Waals surface area contributed by atoms with Crippen LogP contribution in [0.25, 0.3) is 0 Å². The number of benzene rings is 1. The van der Waals surface area contributed by atoms with Crippen LogP contribution in [0, 0.1) is 0 Å². The number of anilines is 1. The lowest BCUT2D eigenvalue weighted by Gasteiger charge is -2.37. The van der Waals surface area contributed by atoms with E-state index >= 15 is 0 Å². The van der Waals surface area contributed by atoms with Crippen LogP contribution in [0.4, 0.5) is 5.69 Å². The fourth-order valence-corrected chi connectivity index (χ4v) is 1.75. The molecule has 0 aromatic heterocycles. The summed E-state index contributed by atoms with van der Waals surface area (Å²) >= 11 is 0. The largest absolute Gasteiger partial charge is 0.394 e. The van der Waals surface area contributed by atoms with Gasteiger partial charge in [-0.2, -0.15) is 0 Å². The molecule has 0 bridgehead atoms. The molecule has 1 aromatic rings. The van der Waals surface area contributed by atoms with Crippen molar-refractivity contribution in [1.29, 1.82) is 0 Å². The highest BCUT2D eigenvalue weighted by Crippen LogP contribution is 2.29. The predicted octanol–water partition coefficient (Wildman–Crippen LogP) is 2.17. The number of para-hydroxylation sites is 1. The number of rotatable bonds is 5. The van der Waals surface area contributed by atoms with Crippen molar-refractivity contribution in [2.75, 3.05) is 25.6 Å². The Morgan fingerprint density at radius 3 is 2.47 bits per heavy atom. The van der Waals surface area contributed by atoms with Crippen LogP contribution in [0.3, 0.4) is 0 Å². The first-order chi connectivity index (χ1) is 7.94. The zero-order valence-corrected chi connectivity index (χ0v) is 11.5. The van der Waals surface area contributed by atoms with Crippen LogP contribution in [0.15, 0.2) is 24.3 Å². The molecule has 3 heteroatoms. The molecule has 0 aliphatic rings. The second kappa shape index (κ2) is 5.52. The molecule has 1 atom stereocenters. The van der Waals surface area contributed by atoms with Crippen molar-refractivity contribution < 1.29 is 5.11 Å². The number of hydrogen-bond acceptors (Lipinski definition) is 3. The Kier molecular flexibility index (Phi) is 4.54. The van der Waals surface area contributed by atoms with Crippen molar-refractivity contribution in [2.45, 2.75) is 32.4 Å². The molecule has 1 aromatic carbocycles. The van der Waals surface area contributed by atoms with Crippen LogP contribution >= 0.6 is 0 Å². The summed E-state index contributed by atoms with van der Waals surface area (Å²) in [6.07, 6.45) is 0. The van der Waals surface area contributed by atoms with Gasteiger partial charge in [-0.3, -0.25) is 0 Å². The number of aliphatic hydroxyl groups is 1. The van der Waals surface area contributed by atoms with Crippen LogP contribution in [0.2, 0.25) is 0 Å². The monoisotopic (exact) mass is 236 g/mol. The molecule has 0 heterocycles. The van der Waals surface area contributed by atoms with Crippen molar-refractivity contribution in [2.24, 2.45) is 0 Å². The first-order valence-corrected chi connectivity index (χ1v) is 6.05. The third-order valence-corrected chi connectivity index (χ3v) is 3.49. The normalized spacial score (nSPS) is 13.5. The minimum absolute atomic E-state index is 0.131. The van der Waals surface area contributed by atoms with E-state index in [0.717, 1.165) is 5.69 Å². The van der Waals surface area contributed by atoms with Gasteiger partial charge in [-0.05, 0) is 39.4 Å². The van der Waals surface area contributed by atoms with Crippen LogP contribution in [0.5, 0.6) is 0 Å². The van der Waals surface area contributed by atoms with Gasteiger partial charge in [-0.25, -0.2) is 0 Å². The highest BCUT2D eigenvalue weighted by molar-refractivity contribution is 5.56. The number of nitrogens with zero attached hydrogens (tertiary/aromatic N) is 1. The summed E-state index contributed by atoms with van der Waals surface area (Å²) < 4.78 is 0. The topological polar surface area (TPSA) is 35.5 Å². The average Bonchev–Trinajstić information content (AvgIpc) is 2.36. The second-order valence-electron chi connectivity index (χ2n) is 5.10. The van der Waals surface area contributed by atoms with E-state index in [1.54, 1.807) is 0 Å². The smallest absolute Gasteiger partial charge is 0.0658 e. The average molecular weight is 236 g/mol. The van der Waals surface area contributed by atoms with Gasteiger partial charge in [-0.1, -0.05) is 18.2 Å². The maximum Gasteiger partial charge on any atom is 0.0658 e. The van der Waals surface area contributed by atoms with Gasteiger partial charge in [0.25, 0.3) is 0 Å². The number of nitrogens with one attached hydrogen (secondary N) is 1. The van der Waals surface area contributed by atoms with Gasteiger partial charge in [-0.15, -0.1) is 0 Å². The molecule has 0 fully saturated rings. The highest BCUT2D eigenvalue weighted by Gasteiger charge is 2.25. The van der Waals surface area contributed by atoms with Gasteiger partial charge in [0.15, 0.2) is 0 Å². The number of aliphatic hydroxyl groups excluding tert-OH is 1. The van der Waals surface area contributed by atoms with Crippen molar-refractivity contribution in [3.05, 3.63) is 29.8 Å². The summed E-state index contributed by atoms with van der Waals surface area (Å²) in [4.78, 5) is 2.14. The molecule has 0 radical (unpaired) electrons. The van der Waals surface area contributed by atoms with Crippen molar-refractivity contribution in [3.63, 3.8) is 0 Å². The Labute approximate surface area is 104 Å². The summed E-state index contributed by atoms with van der Waals surface area (Å²) in [5.41, 5.74) is 2.15. The molecule has 0 aliphatic carbocycles. The Balaban J connectivity index is 3.13. The standard InChI is InChI=1S/C14H24N2O/c1-11(15-4)12-8-6-7-9-13(12)16(5)14(2,3)10-17/h6-9,11,15,17H,10H2,1-5H3. The van der Waals surface area contributed by atoms with Gasteiger partial charge in [0, 0.05) is 18.8 Å². The first-order valence-electron chi connectivity index (χ1n) is 6.05. The molecule has 3 nitrogen and oxygen atoms in total. The third-order valence-electron chi connectivity index (χ3n) is 3.49. The SMILES string of the molecule is CNC(C)c1ccccc1N(C)C(C)(C)CO. The maximum atomic E-state index is 9.46. The zero-order valence-electron chi connectivity index (χ0n) is 11.5. The lowest BCUT2D eigenvalue weighted by molar-refractivity contribution is 0.216. The molecule has 0 saturated carbocycles. The Morgan fingerprint density at radius 1 is 1.35 bits per heavy atom. The summed E-state index contributed by atoms with van der Waals surface area (Å²) in [7, 11) is 3.98. The first kappa shape index (κ1) is 14.0. The summed E-state index contributed by atoms with van der Waals surface area (Å²) in [6, 6.07) is 8.60. The maximum absolute atomic E-state index is 9.46. The molecule has 17 heavy (non-hydrogen) atoms. The molecule has 0 amide bonds. The Morgan fingerprint density at radius 2 is 1.94 bits per heavy atom.